The maximum atomic E-state index is 5.82. The first-order valence-electron chi connectivity index (χ1n) is 4.10. The van der Waals surface area contributed by atoms with Crippen LogP contribution in [0.1, 0.15) is 5.56 Å². The first kappa shape index (κ1) is 10.1. The van der Waals surface area contributed by atoms with Crippen LogP contribution in [-0.2, 0) is 5.88 Å². The summed E-state index contributed by atoms with van der Waals surface area (Å²) in [5.41, 5.74) is 1.02. The lowest BCUT2D eigenvalue weighted by atomic mass is 10.1. The van der Waals surface area contributed by atoms with Crippen molar-refractivity contribution in [3.63, 3.8) is 0 Å². The van der Waals surface area contributed by atoms with Crippen LogP contribution in [0.15, 0.2) is 22.4 Å². The number of fused-ring (bicyclic) bond motifs is 1. The second kappa shape index (κ2) is 4.01. The quantitative estimate of drug-likeness (QED) is 0.622. The molecule has 0 N–H and O–H groups in total. The molecule has 4 heteroatoms. The summed E-state index contributed by atoms with van der Waals surface area (Å²) < 4.78 is 7.52. The minimum atomic E-state index is 0.469. The molecule has 1 aromatic carbocycles. The van der Waals surface area contributed by atoms with Gasteiger partial charge in [0.2, 0.25) is 0 Å². The number of alkyl halides is 1. The number of thiophene rings is 1. The fourth-order valence-corrected chi connectivity index (χ4v) is 2.90. The predicted octanol–water partition coefficient (Wildman–Crippen LogP) is 3.94. The summed E-state index contributed by atoms with van der Waals surface area (Å²) in [4.78, 5) is 0. The van der Waals surface area contributed by atoms with Gasteiger partial charge in [0.15, 0.2) is 0 Å². The molecular weight excluding hydrogens is 236 g/mol. The lowest BCUT2D eigenvalue weighted by Gasteiger charge is -2.06. The number of hydrogen-bond donors (Lipinski definition) is 1. The van der Waals surface area contributed by atoms with Crippen molar-refractivity contribution in [2.45, 2.75) is 10.1 Å². The van der Waals surface area contributed by atoms with Gasteiger partial charge in [0, 0.05) is 15.6 Å². The predicted molar refractivity (Wildman–Crippen MR) is 65.2 cm³/mol. The van der Waals surface area contributed by atoms with Gasteiger partial charge in [-0.2, -0.15) is 0 Å². The Labute approximate surface area is 97.1 Å². The minimum absolute atomic E-state index is 0.469. The number of hydrogen-bond acceptors (Lipinski definition) is 3. The van der Waals surface area contributed by atoms with E-state index in [1.54, 1.807) is 18.4 Å². The average molecular weight is 245 g/mol. The molecule has 14 heavy (non-hydrogen) atoms. The smallest absolute Gasteiger partial charge is 0.131 e. The van der Waals surface area contributed by atoms with Gasteiger partial charge in [0.1, 0.15) is 5.75 Å². The van der Waals surface area contributed by atoms with E-state index in [0.717, 1.165) is 20.9 Å². The Morgan fingerprint density at radius 2 is 2.29 bits per heavy atom. The monoisotopic (exact) mass is 244 g/mol. The standard InChI is InChI=1S/C10H9ClOS2/c1-12-10-6(5-11)2-3-8-7(10)4-9(13)14-8/h2-4,13H,5H2,1H3. The fourth-order valence-electron chi connectivity index (χ4n) is 1.46. The number of benzene rings is 1. The highest BCUT2D eigenvalue weighted by atomic mass is 35.5. The second-order valence-electron chi connectivity index (χ2n) is 2.89. The van der Waals surface area contributed by atoms with Crippen LogP contribution < -0.4 is 4.74 Å². The van der Waals surface area contributed by atoms with E-state index in [-0.39, 0.29) is 0 Å². The molecular formula is C10H9ClOS2. The van der Waals surface area contributed by atoms with Gasteiger partial charge in [-0.15, -0.1) is 35.6 Å². The molecule has 1 aromatic heterocycles. The molecule has 0 unspecified atom stereocenters. The van der Waals surface area contributed by atoms with Crippen molar-refractivity contribution in [1.29, 1.82) is 0 Å². The van der Waals surface area contributed by atoms with E-state index in [1.807, 2.05) is 12.1 Å². The lowest BCUT2D eigenvalue weighted by Crippen LogP contribution is -1.89. The van der Waals surface area contributed by atoms with Crippen LogP contribution in [0.3, 0.4) is 0 Å². The van der Waals surface area contributed by atoms with Crippen LogP contribution in [0.2, 0.25) is 0 Å². The van der Waals surface area contributed by atoms with Gasteiger partial charge >= 0.3 is 0 Å². The highest BCUT2D eigenvalue weighted by molar-refractivity contribution is 7.83. The molecule has 1 nitrogen and oxygen atoms in total. The van der Waals surface area contributed by atoms with E-state index in [1.165, 1.54) is 4.70 Å². The summed E-state index contributed by atoms with van der Waals surface area (Å²) in [6, 6.07) is 6.07. The molecule has 0 aliphatic heterocycles. The molecule has 0 saturated heterocycles. The third-order valence-corrected chi connectivity index (χ3v) is 3.66. The Balaban J connectivity index is 2.75. The highest BCUT2D eigenvalue weighted by Gasteiger charge is 2.09. The normalized spacial score (nSPS) is 10.8. The summed E-state index contributed by atoms with van der Waals surface area (Å²) in [6.07, 6.45) is 0. The molecule has 0 fully saturated rings. The van der Waals surface area contributed by atoms with Crippen molar-refractivity contribution in [3.05, 3.63) is 23.8 Å². The lowest BCUT2D eigenvalue weighted by molar-refractivity contribution is 0.416. The van der Waals surface area contributed by atoms with E-state index < -0.39 is 0 Å². The number of rotatable bonds is 2. The highest BCUT2D eigenvalue weighted by Crippen LogP contribution is 2.37. The molecule has 0 aliphatic carbocycles. The summed E-state index contributed by atoms with van der Waals surface area (Å²) in [6.45, 7) is 0. The second-order valence-corrected chi connectivity index (χ2v) is 5.02. The van der Waals surface area contributed by atoms with Crippen molar-refractivity contribution < 1.29 is 4.74 Å². The molecule has 0 amide bonds. The zero-order valence-corrected chi connectivity index (χ0v) is 10.0. The minimum Gasteiger partial charge on any atom is -0.496 e. The van der Waals surface area contributed by atoms with Crippen LogP contribution in [0, 0.1) is 0 Å². The van der Waals surface area contributed by atoms with Crippen molar-refractivity contribution >= 4 is 45.7 Å². The van der Waals surface area contributed by atoms with E-state index in [9.17, 15) is 0 Å². The third kappa shape index (κ3) is 1.60. The number of thiol groups is 1. The Hall–Kier alpha value is -0.380. The molecule has 0 atom stereocenters. The van der Waals surface area contributed by atoms with Crippen LogP contribution >= 0.6 is 35.6 Å². The van der Waals surface area contributed by atoms with Gasteiger partial charge in [0.25, 0.3) is 0 Å². The fraction of sp³-hybridized carbons (Fsp3) is 0.200. The Morgan fingerprint density at radius 1 is 1.50 bits per heavy atom. The van der Waals surface area contributed by atoms with E-state index in [0.29, 0.717) is 5.88 Å². The Morgan fingerprint density at radius 3 is 2.93 bits per heavy atom. The summed E-state index contributed by atoms with van der Waals surface area (Å²) in [7, 11) is 1.67. The first-order valence-corrected chi connectivity index (χ1v) is 5.90. The molecule has 0 saturated carbocycles. The summed E-state index contributed by atoms with van der Waals surface area (Å²) in [5.74, 6) is 1.34. The van der Waals surface area contributed by atoms with Gasteiger partial charge in [0.05, 0.1) is 17.2 Å². The number of methoxy groups -OCH3 is 1. The largest absolute Gasteiger partial charge is 0.496 e. The number of halogens is 1. The van der Waals surface area contributed by atoms with Gasteiger partial charge in [-0.3, -0.25) is 0 Å². The number of ether oxygens (including phenoxy) is 1. The van der Waals surface area contributed by atoms with Gasteiger partial charge in [-0.05, 0) is 12.1 Å². The Bertz CT molecular complexity index is 464. The van der Waals surface area contributed by atoms with Crippen LogP contribution in [0.5, 0.6) is 5.75 Å². The van der Waals surface area contributed by atoms with Crippen molar-refractivity contribution in [2.75, 3.05) is 7.11 Å². The van der Waals surface area contributed by atoms with Crippen molar-refractivity contribution in [3.8, 4) is 5.75 Å². The SMILES string of the molecule is COc1c(CCl)ccc2sc(S)cc12. The van der Waals surface area contributed by atoms with Gasteiger partial charge in [-0.1, -0.05) is 6.07 Å². The maximum absolute atomic E-state index is 5.82. The molecule has 2 aromatic rings. The zero-order chi connectivity index (χ0) is 10.1. The van der Waals surface area contributed by atoms with E-state index in [4.69, 9.17) is 16.3 Å². The topological polar surface area (TPSA) is 9.23 Å². The molecule has 74 valence electrons. The maximum Gasteiger partial charge on any atom is 0.131 e. The van der Waals surface area contributed by atoms with Crippen LogP contribution in [-0.4, -0.2) is 7.11 Å². The van der Waals surface area contributed by atoms with Gasteiger partial charge in [-0.25, -0.2) is 0 Å². The summed E-state index contributed by atoms with van der Waals surface area (Å²) in [5, 5.41) is 1.10. The molecule has 0 aliphatic rings. The van der Waals surface area contributed by atoms with Crippen molar-refractivity contribution in [2.24, 2.45) is 0 Å². The molecule has 0 spiro atoms. The van der Waals surface area contributed by atoms with Crippen LogP contribution in [0.25, 0.3) is 10.1 Å². The van der Waals surface area contributed by atoms with Crippen molar-refractivity contribution in [1.82, 2.24) is 0 Å². The third-order valence-electron chi connectivity index (χ3n) is 2.07. The Kier molecular flexibility index (Phi) is 2.91. The molecule has 1 heterocycles. The van der Waals surface area contributed by atoms with Crippen LogP contribution in [0.4, 0.5) is 0 Å². The van der Waals surface area contributed by atoms with E-state index >= 15 is 0 Å². The average Bonchev–Trinajstić information content (AvgIpc) is 2.56. The molecule has 0 radical (unpaired) electrons. The molecule has 0 bridgehead atoms. The zero-order valence-electron chi connectivity index (χ0n) is 7.58. The molecule has 2 rings (SSSR count). The van der Waals surface area contributed by atoms with Gasteiger partial charge < -0.3 is 4.74 Å². The summed E-state index contributed by atoms with van der Waals surface area (Å²) >= 11 is 11.8. The first-order chi connectivity index (χ1) is 6.76. The van der Waals surface area contributed by atoms with E-state index in [2.05, 4.69) is 18.7 Å².